The molecule has 12 nitrogen and oxygen atoms in total. The van der Waals surface area contributed by atoms with Crippen molar-refractivity contribution in [2.75, 3.05) is 36.4 Å². The van der Waals surface area contributed by atoms with Crippen LogP contribution in [0, 0.1) is 0 Å². The third-order valence-corrected chi connectivity index (χ3v) is 8.55. The lowest BCUT2D eigenvalue weighted by Crippen LogP contribution is -2.51. The summed E-state index contributed by atoms with van der Waals surface area (Å²) in [4.78, 5) is 48.8. The van der Waals surface area contributed by atoms with Crippen molar-refractivity contribution in [2.45, 2.75) is 59.5 Å². The van der Waals surface area contributed by atoms with E-state index < -0.39 is 29.2 Å². The van der Waals surface area contributed by atoms with Gasteiger partial charge in [0.15, 0.2) is 5.82 Å². The normalized spacial score (nSPS) is 14.6. The van der Waals surface area contributed by atoms with E-state index in [1.54, 1.807) is 30.2 Å². The highest BCUT2D eigenvalue weighted by molar-refractivity contribution is 6.33. The highest BCUT2D eigenvalue weighted by atomic mass is 35.5. The van der Waals surface area contributed by atoms with Crippen LogP contribution in [0.2, 0.25) is 5.02 Å². The van der Waals surface area contributed by atoms with Gasteiger partial charge in [-0.15, -0.1) is 5.10 Å². The fourth-order valence-electron chi connectivity index (χ4n) is 5.98. The molecule has 0 saturated carbocycles. The molecule has 0 spiro atoms. The first-order chi connectivity index (χ1) is 23.3. The molecular weight excluding hydrogens is 660 g/mol. The molecule has 1 fully saturated rings. The average Bonchev–Trinajstić information content (AvgIpc) is 3.70. The molecular formula is C34H36ClF2N7O5. The highest BCUT2D eigenvalue weighted by Gasteiger charge is 2.30. The number of ether oxygens (including phenoxy) is 2. The summed E-state index contributed by atoms with van der Waals surface area (Å²) in [5.74, 6) is -0.00591. The Morgan fingerprint density at radius 1 is 1.06 bits per heavy atom. The molecule has 2 aromatic carbocycles. The van der Waals surface area contributed by atoms with Crippen LogP contribution in [0.4, 0.5) is 25.0 Å². The van der Waals surface area contributed by atoms with Crippen LogP contribution >= 0.6 is 11.6 Å². The molecule has 2 amide bonds. The molecule has 1 saturated heterocycles. The molecule has 4 heterocycles. The van der Waals surface area contributed by atoms with E-state index in [1.165, 1.54) is 22.7 Å². The van der Waals surface area contributed by atoms with Gasteiger partial charge in [-0.3, -0.25) is 9.59 Å². The Kier molecular flexibility index (Phi) is 9.45. The van der Waals surface area contributed by atoms with E-state index in [9.17, 15) is 23.2 Å². The van der Waals surface area contributed by atoms with Gasteiger partial charge in [-0.2, -0.15) is 18.3 Å². The van der Waals surface area contributed by atoms with Crippen molar-refractivity contribution in [3.05, 3.63) is 80.2 Å². The molecule has 15 heteroatoms. The first-order valence-corrected chi connectivity index (χ1v) is 16.3. The van der Waals surface area contributed by atoms with Crippen molar-refractivity contribution >= 4 is 46.8 Å². The van der Waals surface area contributed by atoms with Crippen LogP contribution in [0.3, 0.4) is 0 Å². The predicted molar refractivity (Wildman–Crippen MR) is 181 cm³/mol. The minimum Gasteiger partial charge on any atom is -0.444 e. The predicted octanol–water partition coefficient (Wildman–Crippen LogP) is 5.74. The van der Waals surface area contributed by atoms with Gasteiger partial charge in [-0.05, 0) is 62.1 Å². The Bertz CT molecular complexity index is 2030. The maximum Gasteiger partial charge on any atom is 0.410 e. The third-order valence-electron chi connectivity index (χ3n) is 8.23. The van der Waals surface area contributed by atoms with E-state index in [1.807, 2.05) is 30.0 Å². The largest absolute Gasteiger partial charge is 0.444 e. The van der Waals surface area contributed by atoms with E-state index in [0.717, 1.165) is 11.1 Å². The molecule has 0 aliphatic carbocycles. The summed E-state index contributed by atoms with van der Waals surface area (Å²) >= 11 is 6.33. The summed E-state index contributed by atoms with van der Waals surface area (Å²) in [6.45, 7) is 9.37. The second-order valence-electron chi connectivity index (χ2n) is 12.8. The van der Waals surface area contributed by atoms with Crippen molar-refractivity contribution in [2.24, 2.45) is 0 Å². The number of carbonyl (C=O) groups excluding carboxylic acids is 2. The van der Waals surface area contributed by atoms with Crippen LogP contribution in [-0.4, -0.2) is 67.8 Å². The van der Waals surface area contributed by atoms with Crippen LogP contribution in [0.5, 0.6) is 0 Å². The van der Waals surface area contributed by atoms with Gasteiger partial charge in [0.25, 0.3) is 11.6 Å². The number of piperazine rings is 1. The molecule has 2 aliphatic heterocycles. The summed E-state index contributed by atoms with van der Waals surface area (Å²) in [6, 6.07) is 9.94. The van der Waals surface area contributed by atoms with Crippen molar-refractivity contribution in [3.8, 4) is 11.4 Å². The average molecular weight is 696 g/mol. The summed E-state index contributed by atoms with van der Waals surface area (Å²) in [6.07, 6.45) is -1.25. The number of aromatic nitrogens is 4. The number of nitrogens with zero attached hydrogens (tertiary/aromatic N) is 6. The zero-order valence-electron chi connectivity index (χ0n) is 27.6. The number of anilines is 2. The van der Waals surface area contributed by atoms with Gasteiger partial charge in [-0.1, -0.05) is 36.7 Å². The van der Waals surface area contributed by atoms with Gasteiger partial charge in [0.2, 0.25) is 11.7 Å². The summed E-state index contributed by atoms with van der Waals surface area (Å²) in [7, 11) is 0. The minimum atomic E-state index is -1.87. The smallest absolute Gasteiger partial charge is 0.410 e. The topological polar surface area (TPSA) is 123 Å². The number of amides is 2. The maximum absolute atomic E-state index is 14.2. The molecule has 0 atom stereocenters. The molecule has 4 aromatic rings. The lowest BCUT2D eigenvalue weighted by atomic mass is 10.1. The molecule has 2 aliphatic rings. The first kappa shape index (κ1) is 34.1. The molecule has 0 radical (unpaired) electrons. The van der Waals surface area contributed by atoms with Gasteiger partial charge < -0.3 is 29.2 Å². The number of nitrogens with one attached hydrogen (secondary N) is 1. The van der Waals surface area contributed by atoms with E-state index in [0.29, 0.717) is 74.7 Å². The fraction of sp³-hybridized carbons (Fsp3) is 0.382. The second kappa shape index (κ2) is 13.6. The van der Waals surface area contributed by atoms with Gasteiger partial charge in [0.05, 0.1) is 29.6 Å². The van der Waals surface area contributed by atoms with Crippen LogP contribution < -0.4 is 15.8 Å². The van der Waals surface area contributed by atoms with Crippen molar-refractivity contribution in [3.63, 3.8) is 0 Å². The number of carbonyl (C=O) groups is 2. The quantitative estimate of drug-likeness (QED) is 0.260. The van der Waals surface area contributed by atoms with Crippen LogP contribution in [0.1, 0.15) is 50.1 Å². The molecule has 0 unspecified atom stereocenters. The van der Waals surface area contributed by atoms with Crippen molar-refractivity contribution in [1.29, 1.82) is 0 Å². The first-order valence-electron chi connectivity index (χ1n) is 15.9. The monoisotopic (exact) mass is 695 g/mol. The summed E-state index contributed by atoms with van der Waals surface area (Å²) in [5.41, 5.74) is 3.07. The molecule has 6 rings (SSSR count). The number of fused-ring (bicyclic) bond motifs is 2. The van der Waals surface area contributed by atoms with Gasteiger partial charge in [0, 0.05) is 37.8 Å². The Balaban J connectivity index is 1.38. The van der Waals surface area contributed by atoms with Crippen molar-refractivity contribution in [1.82, 2.24) is 24.1 Å². The highest BCUT2D eigenvalue weighted by Crippen LogP contribution is 2.28. The van der Waals surface area contributed by atoms with E-state index in [-0.39, 0.29) is 28.6 Å². The van der Waals surface area contributed by atoms with Gasteiger partial charge in [-0.25, -0.2) is 4.79 Å². The molecule has 1 N–H and O–H groups in total. The molecule has 49 heavy (non-hydrogen) atoms. The van der Waals surface area contributed by atoms with Crippen LogP contribution in [-0.2, 0) is 40.4 Å². The van der Waals surface area contributed by atoms with E-state index in [2.05, 4.69) is 10.4 Å². The van der Waals surface area contributed by atoms with Crippen LogP contribution in [0.15, 0.2) is 47.3 Å². The third kappa shape index (κ3) is 7.30. The van der Waals surface area contributed by atoms with E-state index in [4.69, 9.17) is 26.1 Å². The Labute approximate surface area is 285 Å². The van der Waals surface area contributed by atoms with Crippen molar-refractivity contribution < 1.29 is 27.8 Å². The SMILES string of the molecule is CCc1c(N2CCN(C(=O)OC(C)(C)C)CC2)c(=O)n2nc(-c3ccc4c(c3)COC4)nc2n1CC(=O)Nc1ccc(C=C(F)F)cc1Cl. The standard InChI is InChI=1S/C34H36ClF2N7O5/c1-5-26-29(41-10-12-42(13-11-41)33(47)49-34(2,3)4)31(46)44-32(39-30(40-44)21-7-8-22-18-48-19-23(22)16-21)43(26)17-28(45)38-25-9-6-20(14-24(25)35)15-27(36)37/h6-9,14-16H,5,10-13,17-19H2,1-4H3,(H,38,45). The van der Waals surface area contributed by atoms with Crippen LogP contribution in [0.25, 0.3) is 23.2 Å². The molecule has 2 aromatic heterocycles. The zero-order chi connectivity index (χ0) is 35.0. The Morgan fingerprint density at radius 2 is 1.80 bits per heavy atom. The number of benzene rings is 2. The number of rotatable bonds is 7. The molecule has 258 valence electrons. The zero-order valence-corrected chi connectivity index (χ0v) is 28.3. The lowest BCUT2D eigenvalue weighted by molar-refractivity contribution is -0.116. The Hall–Kier alpha value is -4.82. The minimum absolute atomic E-state index is 0.0815. The summed E-state index contributed by atoms with van der Waals surface area (Å²) in [5, 5.41) is 7.46. The number of hydrogen-bond acceptors (Lipinski definition) is 8. The van der Waals surface area contributed by atoms with Gasteiger partial charge in [0.1, 0.15) is 17.8 Å². The lowest BCUT2D eigenvalue weighted by Gasteiger charge is -2.37. The van der Waals surface area contributed by atoms with E-state index >= 15 is 0 Å². The Morgan fingerprint density at radius 3 is 2.47 bits per heavy atom. The second-order valence-corrected chi connectivity index (χ2v) is 13.2. The summed E-state index contributed by atoms with van der Waals surface area (Å²) < 4.78 is 39.5. The number of hydrogen-bond donors (Lipinski definition) is 1. The van der Waals surface area contributed by atoms with Gasteiger partial charge >= 0.3 is 6.09 Å². The molecule has 0 bridgehead atoms. The maximum atomic E-state index is 14.2. The number of halogens is 3. The fourth-order valence-corrected chi connectivity index (χ4v) is 6.22.